The molecule has 0 amide bonds. The van der Waals surface area contributed by atoms with Crippen LogP contribution in [-0.2, 0) is 6.42 Å². The molecule has 1 atom stereocenters. The van der Waals surface area contributed by atoms with E-state index in [2.05, 4.69) is 13.8 Å². The van der Waals surface area contributed by atoms with Crippen LogP contribution in [0.3, 0.4) is 0 Å². The van der Waals surface area contributed by atoms with Crippen LogP contribution in [0.25, 0.3) is 0 Å². The van der Waals surface area contributed by atoms with Gasteiger partial charge in [-0.2, -0.15) is 0 Å². The van der Waals surface area contributed by atoms with Gasteiger partial charge in [0.1, 0.15) is 5.82 Å². The summed E-state index contributed by atoms with van der Waals surface area (Å²) in [7, 11) is 0. The van der Waals surface area contributed by atoms with E-state index in [9.17, 15) is 4.39 Å². The Morgan fingerprint density at radius 3 is 2.62 bits per heavy atom. The van der Waals surface area contributed by atoms with Gasteiger partial charge >= 0.3 is 0 Å². The average Bonchev–Trinajstić information content (AvgIpc) is 2.09. The molecule has 0 N–H and O–H groups in total. The normalized spacial score (nSPS) is 12.8. The highest BCUT2D eigenvalue weighted by Gasteiger charge is 2.05. The molecule has 0 heterocycles. The van der Waals surface area contributed by atoms with Crippen LogP contribution in [0.4, 0.5) is 4.39 Å². The maximum absolute atomic E-state index is 13.2. The number of benzene rings is 1. The molecule has 0 fully saturated rings. The minimum atomic E-state index is -0.0644. The van der Waals surface area contributed by atoms with E-state index >= 15 is 0 Å². The van der Waals surface area contributed by atoms with Crippen LogP contribution in [0.2, 0.25) is 0 Å². The summed E-state index contributed by atoms with van der Waals surface area (Å²) >= 11 is 0. The second-order valence-electron chi connectivity index (χ2n) is 3.69. The van der Waals surface area contributed by atoms with Crippen molar-refractivity contribution in [2.24, 2.45) is 5.92 Å². The third-order valence-electron chi connectivity index (χ3n) is 2.31. The standard InChI is InChI=1S/C12H17F/c1-3-6-10(2)9-11-7-4-5-8-12(11)13/h4-5,7-8,10H,3,6,9H2,1-2H3. The lowest BCUT2D eigenvalue weighted by molar-refractivity contribution is 0.504. The lowest BCUT2D eigenvalue weighted by Gasteiger charge is -2.10. The van der Waals surface area contributed by atoms with Gasteiger partial charge in [0.2, 0.25) is 0 Å². The van der Waals surface area contributed by atoms with Gasteiger partial charge in [-0.25, -0.2) is 4.39 Å². The molecular formula is C12H17F. The molecule has 0 saturated heterocycles. The number of hydrogen-bond donors (Lipinski definition) is 0. The Hall–Kier alpha value is -0.850. The van der Waals surface area contributed by atoms with Crippen molar-refractivity contribution in [2.75, 3.05) is 0 Å². The minimum absolute atomic E-state index is 0.0644. The van der Waals surface area contributed by atoms with E-state index in [-0.39, 0.29) is 5.82 Å². The zero-order valence-electron chi connectivity index (χ0n) is 8.39. The molecule has 1 aromatic carbocycles. The van der Waals surface area contributed by atoms with Gasteiger partial charge < -0.3 is 0 Å². The molecule has 0 bridgehead atoms. The Labute approximate surface area is 79.8 Å². The van der Waals surface area contributed by atoms with Gasteiger partial charge in [-0.1, -0.05) is 44.9 Å². The highest BCUT2D eigenvalue weighted by Crippen LogP contribution is 2.15. The first-order valence-corrected chi connectivity index (χ1v) is 4.97. The SMILES string of the molecule is CCCC(C)Cc1ccccc1F. The number of halogens is 1. The summed E-state index contributed by atoms with van der Waals surface area (Å²) in [6.07, 6.45) is 3.21. The van der Waals surface area contributed by atoms with Crippen LogP contribution in [0, 0.1) is 11.7 Å². The summed E-state index contributed by atoms with van der Waals surface area (Å²) in [6.45, 7) is 4.34. The zero-order valence-corrected chi connectivity index (χ0v) is 8.39. The number of hydrogen-bond acceptors (Lipinski definition) is 0. The topological polar surface area (TPSA) is 0 Å². The fourth-order valence-corrected chi connectivity index (χ4v) is 1.63. The highest BCUT2D eigenvalue weighted by atomic mass is 19.1. The van der Waals surface area contributed by atoms with Gasteiger partial charge in [0.15, 0.2) is 0 Å². The van der Waals surface area contributed by atoms with E-state index in [1.54, 1.807) is 6.07 Å². The Kier molecular flexibility index (Phi) is 3.94. The van der Waals surface area contributed by atoms with Gasteiger partial charge in [0.05, 0.1) is 0 Å². The fraction of sp³-hybridized carbons (Fsp3) is 0.500. The lowest BCUT2D eigenvalue weighted by Crippen LogP contribution is -2.00. The first kappa shape index (κ1) is 10.2. The second-order valence-corrected chi connectivity index (χ2v) is 3.69. The molecule has 0 aliphatic carbocycles. The molecule has 13 heavy (non-hydrogen) atoms. The molecule has 0 saturated carbocycles. The molecule has 0 spiro atoms. The molecule has 1 unspecified atom stereocenters. The van der Waals surface area contributed by atoms with Crippen molar-refractivity contribution in [1.29, 1.82) is 0 Å². The molecule has 0 aromatic heterocycles. The van der Waals surface area contributed by atoms with Crippen LogP contribution in [0.1, 0.15) is 32.3 Å². The van der Waals surface area contributed by atoms with E-state index in [1.807, 2.05) is 12.1 Å². The first-order valence-electron chi connectivity index (χ1n) is 4.97. The van der Waals surface area contributed by atoms with Crippen LogP contribution in [0.5, 0.6) is 0 Å². The molecule has 1 aromatic rings. The van der Waals surface area contributed by atoms with Crippen molar-refractivity contribution >= 4 is 0 Å². The monoisotopic (exact) mass is 180 g/mol. The van der Waals surface area contributed by atoms with Crippen molar-refractivity contribution < 1.29 is 4.39 Å². The van der Waals surface area contributed by atoms with Crippen molar-refractivity contribution in [2.45, 2.75) is 33.1 Å². The predicted octanol–water partition coefficient (Wildman–Crippen LogP) is 3.80. The average molecular weight is 180 g/mol. The van der Waals surface area contributed by atoms with Crippen molar-refractivity contribution in [1.82, 2.24) is 0 Å². The van der Waals surface area contributed by atoms with Gasteiger partial charge in [0, 0.05) is 0 Å². The summed E-state index contributed by atoms with van der Waals surface area (Å²) in [5.74, 6) is 0.521. The van der Waals surface area contributed by atoms with Gasteiger partial charge in [-0.3, -0.25) is 0 Å². The van der Waals surface area contributed by atoms with Crippen LogP contribution < -0.4 is 0 Å². The third-order valence-corrected chi connectivity index (χ3v) is 2.31. The largest absolute Gasteiger partial charge is 0.207 e. The first-order chi connectivity index (χ1) is 6.24. The van der Waals surface area contributed by atoms with E-state index < -0.39 is 0 Å². The summed E-state index contributed by atoms with van der Waals surface area (Å²) in [6, 6.07) is 7.05. The molecule has 1 rings (SSSR count). The molecular weight excluding hydrogens is 163 g/mol. The second kappa shape index (κ2) is 5.00. The third kappa shape index (κ3) is 3.17. The predicted molar refractivity (Wildman–Crippen MR) is 54.2 cm³/mol. The van der Waals surface area contributed by atoms with Crippen LogP contribution >= 0.6 is 0 Å². The molecule has 72 valence electrons. The summed E-state index contributed by atoms with van der Waals surface area (Å²) in [4.78, 5) is 0. The summed E-state index contributed by atoms with van der Waals surface area (Å²) in [5, 5.41) is 0. The van der Waals surface area contributed by atoms with Gasteiger partial charge in [-0.05, 0) is 24.0 Å². The molecule has 0 radical (unpaired) electrons. The Morgan fingerprint density at radius 1 is 1.31 bits per heavy atom. The zero-order chi connectivity index (χ0) is 9.68. The van der Waals surface area contributed by atoms with Gasteiger partial charge in [0.25, 0.3) is 0 Å². The molecule has 0 aliphatic rings. The molecule has 1 heteroatoms. The minimum Gasteiger partial charge on any atom is -0.207 e. The maximum Gasteiger partial charge on any atom is 0.126 e. The maximum atomic E-state index is 13.2. The van der Waals surface area contributed by atoms with Crippen molar-refractivity contribution in [3.8, 4) is 0 Å². The number of rotatable bonds is 4. The van der Waals surface area contributed by atoms with E-state index in [4.69, 9.17) is 0 Å². The van der Waals surface area contributed by atoms with E-state index in [0.29, 0.717) is 5.92 Å². The smallest absolute Gasteiger partial charge is 0.126 e. The van der Waals surface area contributed by atoms with E-state index in [0.717, 1.165) is 12.0 Å². The Bertz CT molecular complexity index is 255. The molecule has 0 aliphatic heterocycles. The van der Waals surface area contributed by atoms with E-state index in [1.165, 1.54) is 18.9 Å². The molecule has 0 nitrogen and oxygen atoms in total. The van der Waals surface area contributed by atoms with Crippen molar-refractivity contribution in [3.05, 3.63) is 35.6 Å². The lowest BCUT2D eigenvalue weighted by atomic mass is 9.97. The van der Waals surface area contributed by atoms with Gasteiger partial charge in [-0.15, -0.1) is 0 Å². The summed E-state index contributed by atoms with van der Waals surface area (Å²) in [5.41, 5.74) is 0.850. The quantitative estimate of drug-likeness (QED) is 0.661. The Morgan fingerprint density at radius 2 is 2.00 bits per heavy atom. The van der Waals surface area contributed by atoms with Crippen LogP contribution in [-0.4, -0.2) is 0 Å². The summed E-state index contributed by atoms with van der Waals surface area (Å²) < 4.78 is 13.2. The highest BCUT2D eigenvalue weighted by molar-refractivity contribution is 5.17. The Balaban J connectivity index is 2.58. The van der Waals surface area contributed by atoms with Crippen LogP contribution in [0.15, 0.2) is 24.3 Å². The van der Waals surface area contributed by atoms with Crippen molar-refractivity contribution in [3.63, 3.8) is 0 Å². The fourth-order valence-electron chi connectivity index (χ4n) is 1.63.